The summed E-state index contributed by atoms with van der Waals surface area (Å²) in [5.74, 6) is 0. The van der Waals surface area contributed by atoms with Gasteiger partial charge in [0.25, 0.3) is 0 Å². The number of hydrogen-bond acceptors (Lipinski definition) is 1. The minimum atomic E-state index is 0.885. The predicted molar refractivity (Wildman–Crippen MR) is 233 cm³/mol. The highest BCUT2D eigenvalue weighted by molar-refractivity contribution is 6.27. The molecule has 1 heterocycles. The van der Waals surface area contributed by atoms with Gasteiger partial charge in [-0.25, -0.2) is 0 Å². The number of rotatable bonds is 5. The van der Waals surface area contributed by atoms with Gasteiger partial charge in [-0.2, -0.15) is 0 Å². The molecule has 0 saturated carbocycles. The molecule has 0 aliphatic heterocycles. The number of benzene rings is 10. The van der Waals surface area contributed by atoms with Crippen molar-refractivity contribution >= 4 is 54.3 Å². The van der Waals surface area contributed by atoms with Crippen molar-refractivity contribution in [2.75, 3.05) is 0 Å². The Morgan fingerprint density at radius 2 is 0.709 bits per heavy atom. The van der Waals surface area contributed by atoms with E-state index in [0.29, 0.717) is 0 Å². The Morgan fingerprint density at radius 3 is 1.44 bits per heavy atom. The van der Waals surface area contributed by atoms with Crippen LogP contribution in [-0.4, -0.2) is 0 Å². The van der Waals surface area contributed by atoms with Gasteiger partial charge in [-0.3, -0.25) is 0 Å². The van der Waals surface area contributed by atoms with E-state index in [4.69, 9.17) is 4.42 Å². The second-order valence-corrected chi connectivity index (χ2v) is 14.3. The Hall–Kier alpha value is -7.22. The summed E-state index contributed by atoms with van der Waals surface area (Å²) in [7, 11) is 0. The summed E-state index contributed by atoms with van der Waals surface area (Å²) >= 11 is 0. The van der Waals surface area contributed by atoms with E-state index in [1.54, 1.807) is 0 Å². The van der Waals surface area contributed by atoms with Crippen molar-refractivity contribution in [1.29, 1.82) is 0 Å². The highest BCUT2D eigenvalue weighted by Crippen LogP contribution is 2.49. The van der Waals surface area contributed by atoms with E-state index in [1.807, 2.05) is 0 Å². The summed E-state index contributed by atoms with van der Waals surface area (Å²) in [5, 5.41) is 9.69. The van der Waals surface area contributed by atoms with Crippen LogP contribution in [0.5, 0.6) is 0 Å². The van der Waals surface area contributed by atoms with Crippen LogP contribution in [-0.2, 0) is 0 Å². The van der Waals surface area contributed by atoms with E-state index in [-0.39, 0.29) is 0 Å². The molecule has 256 valence electrons. The molecule has 10 aromatic carbocycles. The summed E-state index contributed by atoms with van der Waals surface area (Å²) in [5.41, 5.74) is 13.7. The lowest BCUT2D eigenvalue weighted by Crippen LogP contribution is -1.92. The fourth-order valence-corrected chi connectivity index (χ4v) is 8.86. The van der Waals surface area contributed by atoms with Gasteiger partial charge in [-0.1, -0.05) is 200 Å². The molecule has 0 amide bonds. The molecule has 0 N–H and O–H groups in total. The molecule has 55 heavy (non-hydrogen) atoms. The average molecular weight is 699 g/mol. The molecule has 0 unspecified atom stereocenters. The molecule has 0 saturated heterocycles. The average Bonchev–Trinajstić information content (AvgIpc) is 3.65. The molecule has 0 atom stereocenters. The molecule has 0 aliphatic carbocycles. The summed E-state index contributed by atoms with van der Waals surface area (Å²) in [6.07, 6.45) is 0. The minimum absolute atomic E-state index is 0.885. The third-order valence-corrected chi connectivity index (χ3v) is 11.3. The molecule has 1 heteroatoms. The molecule has 0 bridgehead atoms. The van der Waals surface area contributed by atoms with Gasteiger partial charge < -0.3 is 4.42 Å². The van der Waals surface area contributed by atoms with E-state index in [2.05, 4.69) is 206 Å². The van der Waals surface area contributed by atoms with Crippen LogP contribution in [0.4, 0.5) is 0 Å². The minimum Gasteiger partial charge on any atom is -0.455 e. The lowest BCUT2D eigenvalue weighted by atomic mass is 9.84. The third-order valence-electron chi connectivity index (χ3n) is 11.3. The van der Waals surface area contributed by atoms with Crippen molar-refractivity contribution in [1.82, 2.24) is 0 Å². The third kappa shape index (κ3) is 5.01. The first-order chi connectivity index (χ1) is 27.3. The number of para-hydroxylation sites is 1. The van der Waals surface area contributed by atoms with Crippen LogP contribution < -0.4 is 0 Å². The highest BCUT2D eigenvalue weighted by atomic mass is 16.3. The van der Waals surface area contributed by atoms with E-state index < -0.39 is 0 Å². The van der Waals surface area contributed by atoms with E-state index >= 15 is 0 Å². The van der Waals surface area contributed by atoms with Gasteiger partial charge in [0.15, 0.2) is 0 Å². The van der Waals surface area contributed by atoms with E-state index in [1.165, 1.54) is 76.8 Å². The predicted octanol–water partition coefficient (Wildman–Crippen LogP) is 15.4. The van der Waals surface area contributed by atoms with Gasteiger partial charge in [-0.15, -0.1) is 0 Å². The van der Waals surface area contributed by atoms with Gasteiger partial charge in [0.2, 0.25) is 0 Å². The highest BCUT2D eigenvalue weighted by Gasteiger charge is 2.22. The van der Waals surface area contributed by atoms with Crippen LogP contribution in [0.2, 0.25) is 0 Å². The van der Waals surface area contributed by atoms with Crippen LogP contribution in [0.3, 0.4) is 0 Å². The number of fused-ring (bicyclic) bond motifs is 6. The maximum absolute atomic E-state index is 6.93. The Balaban J connectivity index is 1.14. The topological polar surface area (TPSA) is 13.1 Å². The molecule has 11 aromatic rings. The SMILES string of the molecule is c1ccc(-c2ccc(-c3ccccc3-c3cccc4c3oc3cccc(-c5c6ccccc6c(-c6cccc7ccccc67)c6ccccc56)c34)cc2)cc1. The molecule has 11 rings (SSSR count). The van der Waals surface area contributed by atoms with Crippen LogP contribution in [0, 0.1) is 0 Å². The maximum Gasteiger partial charge on any atom is 0.143 e. The molecule has 1 nitrogen and oxygen atoms in total. The van der Waals surface area contributed by atoms with Crippen molar-refractivity contribution in [3.63, 3.8) is 0 Å². The molecule has 0 radical (unpaired) electrons. The molecular formula is C54H34O. The molecule has 0 spiro atoms. The smallest absolute Gasteiger partial charge is 0.143 e. The zero-order valence-electron chi connectivity index (χ0n) is 30.0. The van der Waals surface area contributed by atoms with Crippen molar-refractivity contribution in [2.45, 2.75) is 0 Å². The molecule has 0 aliphatic rings. The fraction of sp³-hybridized carbons (Fsp3) is 0. The summed E-state index contributed by atoms with van der Waals surface area (Å²) in [6.45, 7) is 0. The number of hydrogen-bond donors (Lipinski definition) is 0. The Bertz CT molecular complexity index is 3180. The Labute approximate surface area is 319 Å². The summed E-state index contributed by atoms with van der Waals surface area (Å²) < 4.78 is 6.93. The first-order valence-corrected chi connectivity index (χ1v) is 18.9. The van der Waals surface area contributed by atoms with Crippen molar-refractivity contribution in [3.8, 4) is 55.6 Å². The van der Waals surface area contributed by atoms with Gasteiger partial charge in [-0.05, 0) is 88.5 Å². The normalized spacial score (nSPS) is 11.6. The van der Waals surface area contributed by atoms with Gasteiger partial charge in [0, 0.05) is 16.3 Å². The van der Waals surface area contributed by atoms with E-state index in [0.717, 1.165) is 33.1 Å². The van der Waals surface area contributed by atoms with Crippen molar-refractivity contribution < 1.29 is 4.42 Å². The summed E-state index contributed by atoms with van der Waals surface area (Å²) in [6, 6.07) is 74.5. The lowest BCUT2D eigenvalue weighted by molar-refractivity contribution is 0.670. The van der Waals surface area contributed by atoms with Gasteiger partial charge in [0.05, 0.1) is 0 Å². The van der Waals surface area contributed by atoms with Crippen LogP contribution in [0.1, 0.15) is 0 Å². The zero-order valence-corrected chi connectivity index (χ0v) is 30.0. The lowest BCUT2D eigenvalue weighted by Gasteiger charge is -2.19. The Morgan fingerprint density at radius 1 is 0.255 bits per heavy atom. The van der Waals surface area contributed by atoms with Crippen LogP contribution in [0.25, 0.3) is 110 Å². The van der Waals surface area contributed by atoms with Gasteiger partial charge in [0.1, 0.15) is 11.2 Å². The van der Waals surface area contributed by atoms with Crippen molar-refractivity contribution in [3.05, 3.63) is 206 Å². The Kier molecular flexibility index (Phi) is 7.25. The molecular weight excluding hydrogens is 665 g/mol. The first kappa shape index (κ1) is 31.3. The first-order valence-electron chi connectivity index (χ1n) is 18.9. The quantitative estimate of drug-likeness (QED) is 0.163. The number of furan rings is 1. The second-order valence-electron chi connectivity index (χ2n) is 14.3. The zero-order chi connectivity index (χ0) is 36.3. The molecule has 0 fully saturated rings. The summed E-state index contributed by atoms with van der Waals surface area (Å²) in [4.78, 5) is 0. The fourth-order valence-electron chi connectivity index (χ4n) is 8.86. The largest absolute Gasteiger partial charge is 0.455 e. The maximum atomic E-state index is 6.93. The standard InChI is InChI=1S/C54H34O/c1-2-15-35(16-3-1)36-31-33-38(34-32-36)39-19-6-7-21-41(39)47-27-13-29-49-53-48(28-14-30-50(53)55-54(47)49)52-45-24-10-8-22-43(45)51(44-23-9-11-25-46(44)52)42-26-12-18-37-17-4-5-20-40(37)42/h1-34H. The second kappa shape index (κ2) is 12.7. The van der Waals surface area contributed by atoms with Crippen LogP contribution >= 0.6 is 0 Å². The van der Waals surface area contributed by atoms with Crippen LogP contribution in [0.15, 0.2) is 211 Å². The van der Waals surface area contributed by atoms with E-state index in [9.17, 15) is 0 Å². The van der Waals surface area contributed by atoms with Crippen molar-refractivity contribution in [2.24, 2.45) is 0 Å². The molecule has 1 aromatic heterocycles. The van der Waals surface area contributed by atoms with Gasteiger partial charge >= 0.3 is 0 Å². The monoisotopic (exact) mass is 698 g/mol.